The lowest BCUT2D eigenvalue weighted by atomic mass is 10.1. The maximum atomic E-state index is 14.8. The number of carbonyl (C=O) groups excluding carboxylic acids is 1. The molecule has 0 fully saturated rings. The maximum absolute atomic E-state index is 14.8. The van der Waals surface area contributed by atoms with Crippen LogP contribution in [0, 0.1) is 5.82 Å². The van der Waals surface area contributed by atoms with E-state index in [4.69, 9.17) is 19.0 Å². The van der Waals surface area contributed by atoms with Crippen molar-refractivity contribution in [2.75, 3.05) is 13.2 Å². The van der Waals surface area contributed by atoms with Crippen LogP contribution in [0.4, 0.5) is 9.18 Å². The molecular formula is C26H40FN3O7Si. The van der Waals surface area contributed by atoms with Crippen molar-refractivity contribution in [2.24, 2.45) is 0 Å². The zero-order valence-corrected chi connectivity index (χ0v) is 24.4. The minimum Gasteiger partial charge on any atom is -0.490 e. The summed E-state index contributed by atoms with van der Waals surface area (Å²) >= 11 is 0. The van der Waals surface area contributed by atoms with E-state index in [0.717, 1.165) is 6.07 Å². The molecule has 1 aromatic carbocycles. The molecule has 3 N–H and O–H groups in total. The van der Waals surface area contributed by atoms with Gasteiger partial charge in [-0.1, -0.05) is 20.8 Å². The van der Waals surface area contributed by atoms with Crippen molar-refractivity contribution in [2.45, 2.75) is 84.0 Å². The van der Waals surface area contributed by atoms with E-state index < -0.39 is 50.6 Å². The quantitative estimate of drug-likeness (QED) is 0.348. The van der Waals surface area contributed by atoms with E-state index in [1.54, 1.807) is 31.6 Å². The van der Waals surface area contributed by atoms with Crippen molar-refractivity contribution in [3.05, 3.63) is 36.4 Å². The SMILES string of the molecule is CC(C)(C)OC(=O)NCC(Cn1cc(-c2ccc(OC[C@@H](O)C(=O)O)cc2F)cn1)O[Si](C)(C)C(C)(C)C. The Kier molecular flexibility index (Phi) is 10.1. The van der Waals surface area contributed by atoms with E-state index in [-0.39, 0.29) is 22.9 Å². The number of hydrogen-bond donors (Lipinski definition) is 3. The summed E-state index contributed by atoms with van der Waals surface area (Å²) in [4.78, 5) is 23.0. The number of alkyl carbamates (subject to hydrolysis) is 1. The van der Waals surface area contributed by atoms with Crippen molar-refractivity contribution in [3.63, 3.8) is 0 Å². The van der Waals surface area contributed by atoms with Gasteiger partial charge in [-0.25, -0.2) is 14.0 Å². The fourth-order valence-electron chi connectivity index (χ4n) is 3.13. The highest BCUT2D eigenvalue weighted by atomic mass is 28.4. The van der Waals surface area contributed by atoms with Crippen molar-refractivity contribution >= 4 is 20.4 Å². The van der Waals surface area contributed by atoms with E-state index in [2.05, 4.69) is 44.3 Å². The van der Waals surface area contributed by atoms with Crippen molar-refractivity contribution in [3.8, 4) is 16.9 Å². The molecule has 1 aromatic heterocycles. The number of aliphatic carboxylic acids is 1. The Morgan fingerprint density at radius 1 is 1.18 bits per heavy atom. The Morgan fingerprint density at radius 2 is 1.84 bits per heavy atom. The van der Waals surface area contributed by atoms with Gasteiger partial charge in [0, 0.05) is 29.9 Å². The lowest BCUT2D eigenvalue weighted by molar-refractivity contribution is -0.148. The van der Waals surface area contributed by atoms with E-state index >= 15 is 0 Å². The molecule has 38 heavy (non-hydrogen) atoms. The number of nitrogens with zero attached hydrogens (tertiary/aromatic N) is 2. The van der Waals surface area contributed by atoms with Crippen molar-refractivity contribution in [1.29, 1.82) is 0 Å². The fraction of sp³-hybridized carbons (Fsp3) is 0.577. The summed E-state index contributed by atoms with van der Waals surface area (Å²) in [5.41, 5.74) is 0.166. The van der Waals surface area contributed by atoms with Gasteiger partial charge in [0.25, 0.3) is 0 Å². The maximum Gasteiger partial charge on any atom is 0.407 e. The summed E-state index contributed by atoms with van der Waals surface area (Å²) < 4.78 is 33.5. The van der Waals surface area contributed by atoms with Crippen molar-refractivity contribution in [1.82, 2.24) is 15.1 Å². The van der Waals surface area contributed by atoms with Crippen LogP contribution in [0.2, 0.25) is 18.1 Å². The van der Waals surface area contributed by atoms with Gasteiger partial charge in [0.1, 0.15) is 23.8 Å². The first kappa shape index (κ1) is 31.3. The van der Waals surface area contributed by atoms with Crippen LogP contribution < -0.4 is 10.1 Å². The largest absolute Gasteiger partial charge is 0.490 e. The van der Waals surface area contributed by atoms with E-state index in [0.29, 0.717) is 12.1 Å². The number of carboxylic acids is 1. The number of benzene rings is 1. The van der Waals surface area contributed by atoms with Crippen LogP contribution in [-0.4, -0.2) is 71.3 Å². The summed E-state index contributed by atoms with van der Waals surface area (Å²) in [6, 6.07) is 4.10. The van der Waals surface area contributed by atoms with Crippen LogP contribution in [-0.2, 0) is 20.5 Å². The molecule has 0 saturated carbocycles. The highest BCUT2D eigenvalue weighted by Crippen LogP contribution is 2.37. The van der Waals surface area contributed by atoms with Crippen LogP contribution in [0.15, 0.2) is 30.6 Å². The molecule has 0 aliphatic heterocycles. The van der Waals surface area contributed by atoms with Crippen LogP contribution >= 0.6 is 0 Å². The van der Waals surface area contributed by atoms with Crippen LogP contribution in [0.3, 0.4) is 0 Å². The van der Waals surface area contributed by atoms with Gasteiger partial charge >= 0.3 is 12.1 Å². The third-order valence-corrected chi connectivity index (χ3v) is 10.6. The molecule has 2 rings (SSSR count). The van der Waals surface area contributed by atoms with Gasteiger partial charge < -0.3 is 29.4 Å². The van der Waals surface area contributed by atoms with Crippen LogP contribution in [0.5, 0.6) is 5.75 Å². The fourth-order valence-corrected chi connectivity index (χ4v) is 4.47. The Balaban J connectivity index is 2.17. The molecular weight excluding hydrogens is 513 g/mol. The van der Waals surface area contributed by atoms with Gasteiger partial charge in [-0.05, 0) is 51.0 Å². The van der Waals surface area contributed by atoms with Crippen LogP contribution in [0.25, 0.3) is 11.1 Å². The van der Waals surface area contributed by atoms with Crippen molar-refractivity contribution < 1.29 is 38.1 Å². The molecule has 2 atom stereocenters. The highest BCUT2D eigenvalue weighted by Gasteiger charge is 2.39. The molecule has 1 unspecified atom stereocenters. The molecule has 212 valence electrons. The number of nitrogens with one attached hydrogen (secondary N) is 1. The number of rotatable bonds is 11. The summed E-state index contributed by atoms with van der Waals surface area (Å²) in [5.74, 6) is -1.92. The number of halogens is 1. The van der Waals surface area contributed by atoms with E-state index in [1.165, 1.54) is 18.3 Å². The number of hydrogen-bond acceptors (Lipinski definition) is 7. The Hall–Kier alpha value is -2.96. The molecule has 2 aromatic rings. The Bertz CT molecular complexity index is 1110. The molecule has 0 radical (unpaired) electrons. The number of aliphatic hydroxyl groups is 1. The first-order valence-corrected chi connectivity index (χ1v) is 15.3. The summed E-state index contributed by atoms with van der Waals surface area (Å²) in [6.45, 7) is 16.0. The van der Waals surface area contributed by atoms with Gasteiger partial charge in [0.15, 0.2) is 14.4 Å². The lowest BCUT2D eigenvalue weighted by Crippen LogP contribution is -2.48. The second-order valence-electron chi connectivity index (χ2n) is 11.6. The van der Waals surface area contributed by atoms with Gasteiger partial charge in [0.2, 0.25) is 0 Å². The minimum atomic E-state index is -2.20. The zero-order chi connectivity index (χ0) is 28.9. The Labute approximate surface area is 224 Å². The zero-order valence-electron chi connectivity index (χ0n) is 23.4. The average Bonchev–Trinajstić information content (AvgIpc) is 3.21. The van der Waals surface area contributed by atoms with E-state index in [9.17, 15) is 19.1 Å². The summed E-state index contributed by atoms with van der Waals surface area (Å²) in [7, 11) is -2.20. The molecule has 0 aliphatic rings. The second-order valence-corrected chi connectivity index (χ2v) is 16.4. The highest BCUT2D eigenvalue weighted by molar-refractivity contribution is 6.74. The molecule has 0 saturated heterocycles. The number of aliphatic hydroxyl groups excluding tert-OH is 1. The predicted octanol–water partition coefficient (Wildman–Crippen LogP) is 4.43. The monoisotopic (exact) mass is 553 g/mol. The molecule has 1 amide bonds. The van der Waals surface area contributed by atoms with Gasteiger partial charge in [-0.15, -0.1) is 0 Å². The number of aromatic nitrogens is 2. The normalized spacial score (nSPS) is 14.1. The number of amides is 1. The Morgan fingerprint density at radius 3 is 2.39 bits per heavy atom. The molecule has 0 bridgehead atoms. The standard InChI is InChI=1S/C26H40FN3O7Si/c1-25(2,3)36-24(34)28-13-19(37-38(7,8)26(4,5)6)15-30-14-17(12-29-30)20-10-9-18(11-21(20)27)35-16-22(31)23(32)33/h9-12,14,19,22,31H,13,15-16H2,1-8H3,(H,28,34)(H,32,33)/t19?,22-/m1/s1. The first-order valence-electron chi connectivity index (χ1n) is 12.4. The average molecular weight is 554 g/mol. The van der Waals surface area contributed by atoms with Gasteiger partial charge in [0.05, 0.1) is 18.8 Å². The lowest BCUT2D eigenvalue weighted by Gasteiger charge is -2.39. The smallest absolute Gasteiger partial charge is 0.407 e. The van der Waals surface area contributed by atoms with Crippen LogP contribution in [0.1, 0.15) is 41.5 Å². The summed E-state index contributed by atoms with van der Waals surface area (Å²) in [6.07, 6.45) is 0.558. The summed E-state index contributed by atoms with van der Waals surface area (Å²) in [5, 5.41) is 25.2. The predicted molar refractivity (Wildman–Crippen MR) is 143 cm³/mol. The number of carbonyl (C=O) groups is 2. The third kappa shape index (κ3) is 9.41. The molecule has 0 spiro atoms. The van der Waals surface area contributed by atoms with Gasteiger partial charge in [-0.2, -0.15) is 5.10 Å². The topological polar surface area (TPSA) is 132 Å². The molecule has 1 heterocycles. The van der Waals surface area contributed by atoms with E-state index in [1.807, 2.05) is 0 Å². The first-order chi connectivity index (χ1) is 17.4. The molecule has 0 aliphatic carbocycles. The molecule has 12 heteroatoms. The number of ether oxygens (including phenoxy) is 2. The second kappa shape index (κ2) is 12.3. The third-order valence-electron chi connectivity index (χ3n) is 6.11. The number of carboxylic acid groups (broad SMARTS) is 1. The van der Waals surface area contributed by atoms with Gasteiger partial charge in [-0.3, -0.25) is 4.68 Å². The molecule has 10 nitrogen and oxygen atoms in total. The minimum absolute atomic E-state index is 0.0557.